The number of allylic oxidation sites excluding steroid dienone is 4. The molecule has 0 aliphatic heterocycles. The Morgan fingerprint density at radius 3 is 2.68 bits per heavy atom. The van der Waals surface area contributed by atoms with Crippen molar-refractivity contribution in [3.05, 3.63) is 58.7 Å². The minimum absolute atomic E-state index is 0.0419. The maximum atomic E-state index is 6.41. The normalized spacial score (nSPS) is 22.0. The van der Waals surface area contributed by atoms with Gasteiger partial charge in [0.2, 0.25) is 0 Å². The Balaban J connectivity index is 2.55. The average molecular weight is 337 g/mol. The summed E-state index contributed by atoms with van der Waals surface area (Å²) >= 11 is 12.7. The van der Waals surface area contributed by atoms with Crippen molar-refractivity contribution in [3.63, 3.8) is 0 Å². The molecule has 0 N–H and O–H groups in total. The highest BCUT2D eigenvalue weighted by Gasteiger charge is 2.37. The minimum atomic E-state index is -0.0419. The monoisotopic (exact) mass is 336 g/mol. The standard InChI is InChI=1S/C20H26Cl2/c1-4-8-15(5-2)20(3,16-9-6-11-18(21)13-16)17-10-7-12-19(22)14-17/h6-7,9-11,13-15,19H,4-5,8,12H2,1-3H3. The van der Waals surface area contributed by atoms with Gasteiger partial charge in [-0.25, -0.2) is 0 Å². The molecule has 2 heteroatoms. The van der Waals surface area contributed by atoms with Crippen LogP contribution in [0, 0.1) is 5.92 Å². The molecular formula is C20H26Cl2. The summed E-state index contributed by atoms with van der Waals surface area (Å²) in [5, 5.41) is 0.899. The highest BCUT2D eigenvalue weighted by molar-refractivity contribution is 6.30. The lowest BCUT2D eigenvalue weighted by molar-refractivity contribution is 0.309. The number of halogens is 2. The molecule has 0 nitrogen and oxygen atoms in total. The molecule has 1 aromatic rings. The highest BCUT2D eigenvalue weighted by Crippen LogP contribution is 2.45. The van der Waals surface area contributed by atoms with Crippen LogP contribution in [0.15, 0.2) is 48.1 Å². The van der Waals surface area contributed by atoms with E-state index in [1.54, 1.807) is 0 Å². The Morgan fingerprint density at radius 2 is 2.09 bits per heavy atom. The van der Waals surface area contributed by atoms with Crippen LogP contribution < -0.4 is 0 Å². The summed E-state index contributed by atoms with van der Waals surface area (Å²) in [5.41, 5.74) is 2.59. The van der Waals surface area contributed by atoms with E-state index in [9.17, 15) is 0 Å². The molecule has 0 aromatic heterocycles. The van der Waals surface area contributed by atoms with E-state index >= 15 is 0 Å². The van der Waals surface area contributed by atoms with Crippen LogP contribution in [-0.2, 0) is 5.41 Å². The number of alkyl halides is 1. The van der Waals surface area contributed by atoms with E-state index < -0.39 is 0 Å². The SMILES string of the molecule is CCCC(CC)C(C)(C1=CC(Cl)CC=C1)c1cccc(Cl)c1. The fourth-order valence-corrected chi connectivity index (χ4v) is 4.12. The van der Waals surface area contributed by atoms with Gasteiger partial charge in [-0.2, -0.15) is 0 Å². The third kappa shape index (κ3) is 3.60. The maximum Gasteiger partial charge on any atom is 0.0556 e. The molecule has 0 saturated heterocycles. The van der Waals surface area contributed by atoms with Gasteiger partial charge in [0, 0.05) is 10.4 Å². The van der Waals surface area contributed by atoms with Crippen LogP contribution in [0.2, 0.25) is 5.02 Å². The van der Waals surface area contributed by atoms with Gasteiger partial charge in [-0.1, -0.05) is 75.6 Å². The van der Waals surface area contributed by atoms with Crippen LogP contribution in [-0.4, -0.2) is 5.38 Å². The molecule has 0 saturated carbocycles. The van der Waals surface area contributed by atoms with Crippen LogP contribution in [0.25, 0.3) is 0 Å². The molecule has 2 rings (SSSR count). The van der Waals surface area contributed by atoms with Crippen LogP contribution in [0.5, 0.6) is 0 Å². The first-order chi connectivity index (χ1) is 10.5. The summed E-state index contributed by atoms with van der Waals surface area (Å²) in [6.07, 6.45) is 11.2. The van der Waals surface area contributed by atoms with E-state index in [0.717, 1.165) is 17.9 Å². The molecule has 0 bridgehead atoms. The molecular weight excluding hydrogens is 311 g/mol. The van der Waals surface area contributed by atoms with Crippen molar-refractivity contribution in [2.75, 3.05) is 0 Å². The Bertz CT molecular complexity index is 559. The molecule has 0 fully saturated rings. The lowest BCUT2D eigenvalue weighted by atomic mass is 9.63. The molecule has 3 atom stereocenters. The van der Waals surface area contributed by atoms with Crippen LogP contribution in [0.1, 0.15) is 52.0 Å². The number of hydrogen-bond acceptors (Lipinski definition) is 0. The summed E-state index contributed by atoms with van der Waals surface area (Å²) in [7, 11) is 0. The molecule has 22 heavy (non-hydrogen) atoms. The first-order valence-electron chi connectivity index (χ1n) is 8.31. The van der Waals surface area contributed by atoms with E-state index in [4.69, 9.17) is 23.2 Å². The summed E-state index contributed by atoms with van der Waals surface area (Å²) in [5.74, 6) is 0.578. The second-order valence-electron chi connectivity index (χ2n) is 6.38. The van der Waals surface area contributed by atoms with Crippen molar-refractivity contribution in [2.24, 2.45) is 5.92 Å². The smallest absolute Gasteiger partial charge is 0.0556 e. The maximum absolute atomic E-state index is 6.41. The molecule has 1 aliphatic rings. The number of benzene rings is 1. The van der Waals surface area contributed by atoms with Gasteiger partial charge in [-0.3, -0.25) is 0 Å². The van der Waals surface area contributed by atoms with Crippen molar-refractivity contribution < 1.29 is 0 Å². The Labute approximate surface area is 145 Å². The van der Waals surface area contributed by atoms with Crippen molar-refractivity contribution in [1.82, 2.24) is 0 Å². The predicted molar refractivity (Wildman–Crippen MR) is 99.0 cm³/mol. The van der Waals surface area contributed by atoms with Crippen LogP contribution in [0.3, 0.4) is 0 Å². The molecule has 1 aliphatic carbocycles. The predicted octanol–water partition coefficient (Wildman–Crippen LogP) is 6.92. The average Bonchev–Trinajstić information content (AvgIpc) is 2.52. The van der Waals surface area contributed by atoms with Gasteiger partial charge in [-0.15, -0.1) is 11.6 Å². The summed E-state index contributed by atoms with van der Waals surface area (Å²) in [6, 6.07) is 8.32. The summed E-state index contributed by atoms with van der Waals surface area (Å²) in [4.78, 5) is 0. The molecule has 0 spiro atoms. The number of rotatable bonds is 6. The Kier molecular flexibility index (Phi) is 6.17. The van der Waals surface area contributed by atoms with Crippen molar-refractivity contribution in [3.8, 4) is 0 Å². The van der Waals surface area contributed by atoms with Crippen molar-refractivity contribution in [1.29, 1.82) is 0 Å². The van der Waals surface area contributed by atoms with Gasteiger partial charge in [-0.05, 0) is 42.0 Å². The summed E-state index contributed by atoms with van der Waals surface area (Å²) < 4.78 is 0. The van der Waals surface area contributed by atoms with Gasteiger partial charge in [0.25, 0.3) is 0 Å². The third-order valence-electron chi connectivity index (χ3n) is 4.99. The minimum Gasteiger partial charge on any atom is -0.118 e. The van der Waals surface area contributed by atoms with Gasteiger partial charge < -0.3 is 0 Å². The van der Waals surface area contributed by atoms with Crippen LogP contribution >= 0.6 is 23.2 Å². The molecule has 0 radical (unpaired) electrons. The highest BCUT2D eigenvalue weighted by atomic mass is 35.5. The lowest BCUT2D eigenvalue weighted by Crippen LogP contribution is -2.34. The first kappa shape index (κ1) is 17.6. The lowest BCUT2D eigenvalue weighted by Gasteiger charge is -2.41. The second-order valence-corrected chi connectivity index (χ2v) is 7.38. The molecule has 120 valence electrons. The number of hydrogen-bond donors (Lipinski definition) is 0. The van der Waals surface area contributed by atoms with E-state index in [-0.39, 0.29) is 10.8 Å². The zero-order valence-corrected chi connectivity index (χ0v) is 15.3. The largest absolute Gasteiger partial charge is 0.118 e. The van der Waals surface area contributed by atoms with Gasteiger partial charge in [0.15, 0.2) is 0 Å². The van der Waals surface area contributed by atoms with E-state index in [0.29, 0.717) is 5.92 Å². The van der Waals surface area contributed by atoms with Crippen LogP contribution in [0.4, 0.5) is 0 Å². The third-order valence-corrected chi connectivity index (χ3v) is 5.53. The van der Waals surface area contributed by atoms with Crippen molar-refractivity contribution in [2.45, 2.75) is 57.2 Å². The fourth-order valence-electron chi connectivity index (χ4n) is 3.69. The Hall–Kier alpha value is -0.720. The van der Waals surface area contributed by atoms with E-state index in [2.05, 4.69) is 57.2 Å². The molecule has 3 unspecified atom stereocenters. The van der Waals surface area contributed by atoms with Gasteiger partial charge >= 0.3 is 0 Å². The molecule has 1 aromatic carbocycles. The first-order valence-corrected chi connectivity index (χ1v) is 9.12. The summed E-state index contributed by atoms with van der Waals surface area (Å²) in [6.45, 7) is 6.90. The second kappa shape index (κ2) is 7.70. The van der Waals surface area contributed by atoms with Crippen molar-refractivity contribution >= 4 is 23.2 Å². The van der Waals surface area contributed by atoms with E-state index in [1.165, 1.54) is 24.0 Å². The van der Waals surface area contributed by atoms with Gasteiger partial charge in [0.05, 0.1) is 5.38 Å². The molecule has 0 heterocycles. The zero-order chi connectivity index (χ0) is 16.2. The van der Waals surface area contributed by atoms with E-state index in [1.807, 2.05) is 6.07 Å². The van der Waals surface area contributed by atoms with Gasteiger partial charge in [0.1, 0.15) is 0 Å². The quantitative estimate of drug-likeness (QED) is 0.494. The topological polar surface area (TPSA) is 0 Å². The zero-order valence-electron chi connectivity index (χ0n) is 13.8. The Morgan fingerprint density at radius 1 is 1.32 bits per heavy atom. The molecule has 0 amide bonds. The fraction of sp³-hybridized carbons (Fsp3) is 0.500.